The van der Waals surface area contributed by atoms with Gasteiger partial charge in [-0.3, -0.25) is 19.2 Å². The molecular weight excluding hydrogens is 322 g/mol. The highest BCUT2D eigenvalue weighted by molar-refractivity contribution is 6.25. The van der Waals surface area contributed by atoms with Gasteiger partial charge in [0.15, 0.2) is 0 Å². The number of carbonyl (C=O) groups excluding carboxylic acids is 2. The van der Waals surface area contributed by atoms with E-state index in [-0.39, 0.29) is 18.5 Å². The van der Waals surface area contributed by atoms with Crippen LogP contribution in [0.15, 0.2) is 40.5 Å². The number of amidine groups is 1. The van der Waals surface area contributed by atoms with Crippen LogP contribution in [-0.2, 0) is 11.3 Å². The molecule has 0 spiro atoms. The normalized spacial score (nSPS) is 23.0. The summed E-state index contributed by atoms with van der Waals surface area (Å²) >= 11 is 0. The van der Waals surface area contributed by atoms with Gasteiger partial charge < -0.3 is 4.42 Å². The summed E-state index contributed by atoms with van der Waals surface area (Å²) in [5.41, 5.74) is 0. The molecule has 8 nitrogen and oxygen atoms in total. The molecule has 3 aliphatic heterocycles. The van der Waals surface area contributed by atoms with Crippen LogP contribution in [0.3, 0.4) is 0 Å². The fourth-order valence-electron chi connectivity index (χ4n) is 3.56. The van der Waals surface area contributed by atoms with E-state index in [1.807, 2.05) is 17.0 Å². The number of amides is 3. The van der Waals surface area contributed by atoms with E-state index >= 15 is 0 Å². The average molecular weight is 342 g/mol. The second-order valence-electron chi connectivity index (χ2n) is 6.30. The van der Waals surface area contributed by atoms with Crippen LogP contribution >= 0.6 is 0 Å². The van der Waals surface area contributed by atoms with E-state index in [1.165, 1.54) is 9.80 Å². The van der Waals surface area contributed by atoms with Crippen molar-refractivity contribution in [1.29, 1.82) is 0 Å². The van der Waals surface area contributed by atoms with Crippen molar-refractivity contribution in [1.82, 2.24) is 14.7 Å². The maximum absolute atomic E-state index is 12.9. The molecule has 1 aromatic heterocycles. The number of likely N-dealkylation sites (N-methyl/N-ethyl adjacent to an activating group) is 1. The Morgan fingerprint density at radius 1 is 1.48 bits per heavy atom. The van der Waals surface area contributed by atoms with E-state index in [0.29, 0.717) is 12.4 Å². The van der Waals surface area contributed by atoms with Crippen molar-refractivity contribution in [2.24, 2.45) is 4.99 Å². The SMILES string of the molecule is C=CCN1C(=O)C2C(=NC3=[N+](Cc4ccco4)CCCN32)N(C)C1=O. The summed E-state index contributed by atoms with van der Waals surface area (Å²) < 4.78 is 7.53. The first-order chi connectivity index (χ1) is 12.1. The molecule has 1 saturated heterocycles. The number of fused-ring (bicyclic) bond motifs is 3. The highest BCUT2D eigenvalue weighted by atomic mass is 16.3. The van der Waals surface area contributed by atoms with Gasteiger partial charge in [0.05, 0.1) is 19.4 Å². The smallest absolute Gasteiger partial charge is 0.392 e. The van der Waals surface area contributed by atoms with Crippen LogP contribution in [0, 0.1) is 0 Å². The van der Waals surface area contributed by atoms with Crippen molar-refractivity contribution in [2.45, 2.75) is 19.0 Å². The zero-order chi connectivity index (χ0) is 17.6. The zero-order valence-corrected chi connectivity index (χ0v) is 14.1. The number of furan rings is 1. The van der Waals surface area contributed by atoms with Crippen molar-refractivity contribution in [2.75, 3.05) is 26.7 Å². The van der Waals surface area contributed by atoms with E-state index in [0.717, 1.165) is 31.2 Å². The lowest BCUT2D eigenvalue weighted by atomic mass is 10.1. The molecule has 130 valence electrons. The van der Waals surface area contributed by atoms with E-state index in [4.69, 9.17) is 4.42 Å². The summed E-state index contributed by atoms with van der Waals surface area (Å²) in [5, 5.41) is 0. The molecule has 1 unspecified atom stereocenters. The highest BCUT2D eigenvalue weighted by Gasteiger charge is 2.56. The number of aliphatic imine (C=N–C) groups is 1. The van der Waals surface area contributed by atoms with Gasteiger partial charge in [-0.2, -0.15) is 0 Å². The van der Waals surface area contributed by atoms with Gasteiger partial charge in [0.2, 0.25) is 11.9 Å². The number of hydrogen-bond donors (Lipinski definition) is 0. The molecule has 0 aromatic carbocycles. The molecule has 0 saturated carbocycles. The van der Waals surface area contributed by atoms with Gasteiger partial charge in [0.1, 0.15) is 12.3 Å². The number of rotatable bonds is 4. The molecule has 1 aromatic rings. The third-order valence-corrected chi connectivity index (χ3v) is 4.74. The quantitative estimate of drug-likeness (QED) is 0.597. The molecule has 1 atom stereocenters. The molecule has 1 fully saturated rings. The van der Waals surface area contributed by atoms with E-state index in [2.05, 4.69) is 16.1 Å². The zero-order valence-electron chi connectivity index (χ0n) is 14.1. The Morgan fingerprint density at radius 2 is 2.32 bits per heavy atom. The number of imide groups is 1. The first-order valence-electron chi connectivity index (χ1n) is 8.31. The monoisotopic (exact) mass is 342 g/mol. The van der Waals surface area contributed by atoms with Gasteiger partial charge in [-0.25, -0.2) is 9.69 Å². The fraction of sp³-hybridized carbons (Fsp3) is 0.412. The van der Waals surface area contributed by atoms with Gasteiger partial charge in [0, 0.05) is 20.0 Å². The molecule has 4 rings (SSSR count). The topological polar surface area (TPSA) is 72.4 Å². The van der Waals surface area contributed by atoms with Gasteiger partial charge in [-0.05, 0) is 12.1 Å². The Bertz CT molecular complexity index is 795. The van der Waals surface area contributed by atoms with Crippen molar-refractivity contribution in [3.8, 4) is 0 Å². The van der Waals surface area contributed by atoms with Gasteiger partial charge >= 0.3 is 12.0 Å². The van der Waals surface area contributed by atoms with E-state index in [9.17, 15) is 9.59 Å². The van der Waals surface area contributed by atoms with Crippen LogP contribution in [0.5, 0.6) is 0 Å². The number of nitrogens with zero attached hydrogens (tertiary/aromatic N) is 5. The van der Waals surface area contributed by atoms with Crippen LogP contribution in [0.1, 0.15) is 12.2 Å². The fourth-order valence-corrected chi connectivity index (χ4v) is 3.56. The van der Waals surface area contributed by atoms with Crippen LogP contribution < -0.4 is 0 Å². The number of carbonyl (C=O) groups is 2. The van der Waals surface area contributed by atoms with Crippen LogP contribution in [0.25, 0.3) is 0 Å². The Labute approximate surface area is 145 Å². The summed E-state index contributed by atoms with van der Waals surface area (Å²) in [5.74, 6) is 1.83. The first kappa shape index (κ1) is 15.6. The summed E-state index contributed by atoms with van der Waals surface area (Å²) in [6.45, 7) is 5.99. The molecule has 8 heteroatoms. The number of hydrogen-bond acceptors (Lipinski definition) is 5. The molecule has 0 bridgehead atoms. The first-order valence-corrected chi connectivity index (χ1v) is 8.31. The van der Waals surface area contributed by atoms with Crippen LogP contribution in [0.2, 0.25) is 0 Å². The minimum absolute atomic E-state index is 0.199. The molecule has 4 heterocycles. The lowest BCUT2D eigenvalue weighted by Crippen LogP contribution is -2.64. The van der Waals surface area contributed by atoms with Gasteiger partial charge in [0.25, 0.3) is 5.91 Å². The molecule has 0 N–H and O–H groups in total. The van der Waals surface area contributed by atoms with Crippen molar-refractivity contribution >= 4 is 23.7 Å². The maximum atomic E-state index is 12.9. The molecule has 0 aliphatic carbocycles. The lowest BCUT2D eigenvalue weighted by Gasteiger charge is -2.35. The van der Waals surface area contributed by atoms with Crippen molar-refractivity contribution in [3.63, 3.8) is 0 Å². The summed E-state index contributed by atoms with van der Waals surface area (Å²) in [4.78, 5) is 34.7. The summed E-state index contributed by atoms with van der Waals surface area (Å²) in [7, 11) is 1.66. The van der Waals surface area contributed by atoms with Gasteiger partial charge in [-0.1, -0.05) is 11.1 Å². The highest BCUT2D eigenvalue weighted by Crippen LogP contribution is 2.26. The third kappa shape index (κ3) is 2.36. The molecule has 0 radical (unpaired) electrons. The summed E-state index contributed by atoms with van der Waals surface area (Å²) in [6, 6.07) is 2.86. The predicted molar refractivity (Wildman–Crippen MR) is 90.2 cm³/mol. The lowest BCUT2D eigenvalue weighted by molar-refractivity contribution is -0.556. The number of guanidine groups is 1. The molecule has 3 amide bonds. The Hall–Kier alpha value is -2.90. The standard InChI is InChI=1S/C17H20N5O3/c1-3-7-22-15(23)13-14(19(2)17(22)24)18-16-20(8-5-9-21(13)16)11-12-6-4-10-25-12/h3-4,6,10,13H,1,5,7-9,11H2,2H3/q+1. The Balaban J connectivity index is 1.73. The summed E-state index contributed by atoms with van der Waals surface area (Å²) in [6.07, 6.45) is 4.12. The molecule has 3 aliphatic rings. The second-order valence-corrected chi connectivity index (χ2v) is 6.30. The number of urea groups is 1. The third-order valence-electron chi connectivity index (χ3n) is 4.74. The molecular formula is C17H20N5O3+. The Kier molecular flexibility index (Phi) is 3.67. The van der Waals surface area contributed by atoms with E-state index in [1.54, 1.807) is 19.4 Å². The minimum Gasteiger partial charge on any atom is -0.466 e. The second kappa shape index (κ2) is 5.87. The largest absolute Gasteiger partial charge is 0.466 e. The Morgan fingerprint density at radius 3 is 3.04 bits per heavy atom. The minimum atomic E-state index is -0.544. The van der Waals surface area contributed by atoms with Crippen LogP contribution in [0.4, 0.5) is 4.79 Å². The average Bonchev–Trinajstić information content (AvgIpc) is 3.25. The maximum Gasteiger partial charge on any atom is 0.392 e. The van der Waals surface area contributed by atoms with Crippen molar-refractivity contribution < 1.29 is 18.6 Å². The predicted octanol–water partition coefficient (Wildman–Crippen LogP) is 0.714. The molecule has 25 heavy (non-hydrogen) atoms. The van der Waals surface area contributed by atoms with Crippen molar-refractivity contribution in [3.05, 3.63) is 36.8 Å². The van der Waals surface area contributed by atoms with Crippen LogP contribution in [-0.4, -0.2) is 75.7 Å². The van der Waals surface area contributed by atoms with Gasteiger partial charge in [-0.15, -0.1) is 6.58 Å². The van der Waals surface area contributed by atoms with E-state index < -0.39 is 6.04 Å².